The van der Waals surface area contributed by atoms with Gasteiger partial charge in [0, 0.05) is 0 Å². The Morgan fingerprint density at radius 2 is 0.158 bits per heavy atom. The lowest BCUT2D eigenvalue weighted by molar-refractivity contribution is 4.29. The van der Waals surface area contributed by atoms with E-state index in [1.54, 1.807) is 0 Å². The summed E-state index contributed by atoms with van der Waals surface area (Å²) in [7, 11) is 182. The summed E-state index contributed by atoms with van der Waals surface area (Å²) in [6, 6.07) is 0. The average Bonchev–Trinajstić information content (AvgIpc) is 3.36. The van der Waals surface area contributed by atoms with Crippen LogP contribution in [0.5, 0.6) is 0 Å². The summed E-state index contributed by atoms with van der Waals surface area (Å²) in [4.78, 5) is 0. The largest absolute Gasteiger partial charge is 0.109 e. The van der Waals surface area contributed by atoms with Gasteiger partial charge in [-0.1, -0.05) is 7.96 Å². The zero-order valence-corrected chi connectivity index (χ0v) is 146. The van der Waals surface area contributed by atoms with Crippen molar-refractivity contribution in [1.82, 2.24) is 0 Å². The van der Waals surface area contributed by atoms with Gasteiger partial charge in [-0.2, -0.15) is 0 Å². The quantitative estimate of drug-likeness (QED) is 0.0533. The van der Waals surface area contributed by atoms with Crippen molar-refractivity contribution < 1.29 is 0 Å². The topological polar surface area (TPSA) is 0 Å². The third kappa shape index (κ3) is 47.9. The van der Waals surface area contributed by atoms with Crippen molar-refractivity contribution in [3.05, 3.63) is 0 Å². The van der Waals surface area contributed by atoms with Crippen LogP contribution >= 0.6 is 758 Å². The predicted octanol–water partition coefficient (Wildman–Crippen LogP) is 55.8. The third-order valence-corrected chi connectivity index (χ3v) is 683. The smallest absolute Gasteiger partial charge is 0.000000238 e. The zero-order chi connectivity index (χ0) is 75.3. The Kier molecular flexibility index (Phi) is 107. The molecule has 0 aromatic heterocycles. The molecule has 0 aliphatic heterocycles. The summed E-state index contributed by atoms with van der Waals surface area (Å²) >= 11 is 0. The van der Waals surface area contributed by atoms with Gasteiger partial charge < -0.3 is 0 Å². The summed E-state index contributed by atoms with van der Waals surface area (Å²) in [5, 5.41) is 0. The van der Waals surface area contributed by atoms with Crippen LogP contribution in [0.25, 0.3) is 0 Å². The van der Waals surface area contributed by atoms with Crippen LogP contribution in [-0.4, -0.2) is 0 Å². The van der Waals surface area contributed by atoms with E-state index in [0.29, 0.717) is 0 Å². The van der Waals surface area contributed by atoms with Gasteiger partial charge in [0.2, 0.25) is 0 Å². The summed E-state index contributed by atoms with van der Waals surface area (Å²) < 4.78 is 0. The van der Waals surface area contributed by atoms with Gasteiger partial charge in [0.25, 0.3) is 0 Å². The standard InChI is InChI=1S/H97P95/c1-49-73(48)85(72(46)47)91(84(70(42)43)71(44)45)94(90(82(66(34)35)67(36)37)83(68(38)39)69(40)41)95(92(86(74(50(2)3)51(4)5)75(52(6)7)53(8)9)87(76(54(10)11)55(12)13)77(56(14)15)57(16)17)93(88(78(58(18)19)59(20)21)79(60(22)23)61(24)25)89(80(62(26)27)63(28)29)81(64(30)31)65(32)33/h49H,1-48H2. The van der Waals surface area contributed by atoms with Crippen molar-refractivity contribution >= 4 is 758 Å². The van der Waals surface area contributed by atoms with Crippen molar-refractivity contribution in [1.29, 1.82) is 0 Å². The molecule has 0 saturated carbocycles. The fraction of sp³-hybridized carbons (Fsp3) is 0. The highest BCUT2D eigenvalue weighted by Gasteiger charge is 2.67. The molecule has 0 radical (unpaired) electrons. The van der Waals surface area contributed by atoms with E-state index in [4.69, 9.17) is 0 Å². The van der Waals surface area contributed by atoms with E-state index >= 15 is 0 Å². The minimum atomic E-state index is -0.604. The molecule has 0 heterocycles. The van der Waals surface area contributed by atoms with Crippen molar-refractivity contribution in [3.8, 4) is 0 Å². The molecule has 0 aliphatic carbocycles. The lowest BCUT2D eigenvalue weighted by atomic mass is 28.3. The molecular formula is H97P95. The monoisotopic (exact) mass is 3040 g/mol. The Balaban J connectivity index is 14.3. The number of rotatable bonds is 46. The fourth-order valence-corrected chi connectivity index (χ4v) is 1420. The second kappa shape index (κ2) is 74.7. The first-order valence-corrected chi connectivity index (χ1v) is 195. The van der Waals surface area contributed by atoms with Gasteiger partial charge >= 0.3 is 0 Å². The maximum absolute atomic E-state index is 3.88. The Bertz CT molecular complexity index is 1570. The van der Waals surface area contributed by atoms with Crippen LogP contribution in [0.2, 0.25) is 0 Å². The number of hydrogen-bond donors (Lipinski definition) is 0. The van der Waals surface area contributed by atoms with E-state index in [1.165, 1.54) is 0 Å². The fourth-order valence-electron chi connectivity index (χ4n) is 5.83. The summed E-state index contributed by atoms with van der Waals surface area (Å²) in [5.41, 5.74) is 0. The van der Waals surface area contributed by atoms with Crippen molar-refractivity contribution in [2.75, 3.05) is 0 Å². The SMILES string of the molecule is PPP(P)P(P(P)P)P(P(P(P)P)P(P)P)P(P(P(P(P)P)P(P)P)P(P(P)P)P(P)P)P(P(P(P(P(P)P)P(P)P)P(P(P)P)P(P)P)P(P(P(P)P)P(P)P)P(P(P)P)P(P)P)P(P(P(P(P)P)P(P)P)P(P(P)P)P(P)P)P(P(P(P)P)P(P)P)P(P(P)P)P(P)P. The normalized spacial score (nSPS) is 16.0. The molecule has 0 rings (SSSR count). The lowest BCUT2D eigenvalue weighted by Crippen LogP contribution is -1.77. The van der Waals surface area contributed by atoms with Crippen LogP contribution < -0.4 is 0 Å². The van der Waals surface area contributed by atoms with Gasteiger partial charge in [-0.05, 0) is 321 Å². The van der Waals surface area contributed by atoms with Crippen LogP contribution in [0.3, 0.4) is 0 Å². The molecular weight excluding hydrogens is 2940 g/mol. The van der Waals surface area contributed by atoms with Crippen molar-refractivity contribution in [2.45, 2.75) is 0 Å². The van der Waals surface area contributed by atoms with E-state index in [1.807, 2.05) is 0 Å². The van der Waals surface area contributed by atoms with Crippen molar-refractivity contribution in [2.24, 2.45) is 0 Å². The molecule has 53 atom stereocenters. The van der Waals surface area contributed by atoms with Crippen LogP contribution in [0, 0.1) is 0 Å². The first-order chi connectivity index (χ1) is 43.3. The molecule has 53 unspecified atom stereocenters. The zero-order valence-electron chi connectivity index (χ0n) is 48.8. The summed E-state index contributed by atoms with van der Waals surface area (Å²) in [6.45, 7) is -19.5. The molecule has 0 spiro atoms. The highest BCUT2D eigenvalue weighted by Crippen LogP contribution is 3.54. The molecule has 0 fully saturated rings. The predicted molar refractivity (Wildman–Crippen MR) is 793 cm³/mol. The number of hydrogen-bond acceptors (Lipinski definition) is 0. The molecule has 0 aromatic rings. The minimum Gasteiger partial charge on any atom is -0.109 e. The molecule has 0 aliphatic rings. The Labute approximate surface area is 745 Å². The molecule has 0 amide bonds. The Morgan fingerprint density at radius 3 is 0.221 bits per heavy atom. The Morgan fingerprint density at radius 1 is 0.0947 bits per heavy atom. The highest BCUT2D eigenvalue weighted by molar-refractivity contribution is 9.60. The lowest BCUT2D eigenvalue weighted by Gasteiger charge is -2.64. The molecule has 0 bridgehead atoms. The third-order valence-electron chi connectivity index (χ3n) is 8.44. The van der Waals surface area contributed by atoms with E-state index < -0.39 is 300 Å². The van der Waals surface area contributed by atoms with Crippen LogP contribution in [0.1, 0.15) is 0 Å². The molecule has 0 saturated heterocycles. The molecule has 95 heavy (non-hydrogen) atoms. The maximum atomic E-state index is 3.88. The van der Waals surface area contributed by atoms with E-state index in [0.717, 1.165) is 7.96 Å². The second-order valence-electron chi connectivity index (χ2n) is 15.1. The van der Waals surface area contributed by atoms with Crippen LogP contribution in [-0.2, 0) is 0 Å². The minimum absolute atomic E-state index is 0.317. The van der Waals surface area contributed by atoms with Gasteiger partial charge in [-0.15, -0.1) is 429 Å². The maximum Gasteiger partial charge on any atom is -0.000000238 e. The molecule has 0 nitrogen and oxygen atoms in total. The molecule has 95 heteroatoms. The van der Waals surface area contributed by atoms with Gasteiger partial charge in [0.1, 0.15) is 0 Å². The molecule has 0 N–H and O–H groups in total. The van der Waals surface area contributed by atoms with E-state index in [2.05, 4.69) is 429 Å². The first-order valence-electron chi connectivity index (χ1n) is 21.6. The second-order valence-corrected chi connectivity index (χ2v) is 408. The van der Waals surface area contributed by atoms with Crippen LogP contribution in [0.4, 0.5) is 0 Å². The van der Waals surface area contributed by atoms with Gasteiger partial charge in [-0.25, -0.2) is 0 Å². The van der Waals surface area contributed by atoms with E-state index in [-0.39, 0.29) is 21.0 Å². The van der Waals surface area contributed by atoms with Crippen molar-refractivity contribution in [3.63, 3.8) is 0 Å². The summed E-state index contributed by atoms with van der Waals surface area (Å²) in [5.74, 6) is 0. The average molecular weight is 3040 g/mol. The van der Waals surface area contributed by atoms with E-state index in [9.17, 15) is 0 Å². The van der Waals surface area contributed by atoms with Gasteiger partial charge in [-0.3, -0.25) is 0 Å². The van der Waals surface area contributed by atoms with Gasteiger partial charge in [0.05, 0.1) is 0 Å². The Hall–Kier alpha value is 40.8. The molecule has 0 aromatic carbocycles. The van der Waals surface area contributed by atoms with Crippen LogP contribution in [0.15, 0.2) is 0 Å². The first kappa shape index (κ1) is 136. The van der Waals surface area contributed by atoms with Gasteiger partial charge in [0.15, 0.2) is 0 Å². The highest BCUT2D eigenvalue weighted by atomic mass is 33.7. The summed E-state index contributed by atoms with van der Waals surface area (Å²) in [6.07, 6.45) is 0. The molecule has 572 valence electrons.